The number of halogens is 1. The average molecular weight is 280 g/mol. The van der Waals surface area contributed by atoms with Gasteiger partial charge in [-0.1, -0.05) is 23.7 Å². The van der Waals surface area contributed by atoms with Gasteiger partial charge in [-0.15, -0.1) is 0 Å². The number of nitrogens with one attached hydrogen (secondary N) is 1. The molecule has 2 aliphatic heterocycles. The first-order valence-corrected chi connectivity index (χ1v) is 7.76. The second-order valence-electron chi connectivity index (χ2n) is 5.79. The van der Waals surface area contributed by atoms with E-state index in [1.54, 1.807) is 0 Å². The van der Waals surface area contributed by atoms with Crippen molar-refractivity contribution < 1.29 is 4.74 Å². The van der Waals surface area contributed by atoms with E-state index in [9.17, 15) is 0 Å². The van der Waals surface area contributed by atoms with Crippen molar-refractivity contribution in [2.75, 3.05) is 26.3 Å². The Morgan fingerprint density at radius 3 is 2.74 bits per heavy atom. The van der Waals surface area contributed by atoms with Gasteiger partial charge in [0.2, 0.25) is 0 Å². The van der Waals surface area contributed by atoms with Crippen LogP contribution in [-0.4, -0.2) is 26.3 Å². The molecule has 0 saturated carbocycles. The highest BCUT2D eigenvalue weighted by atomic mass is 35.5. The van der Waals surface area contributed by atoms with Crippen molar-refractivity contribution >= 4 is 11.6 Å². The number of benzene rings is 1. The Kier molecular flexibility index (Phi) is 4.42. The molecule has 2 saturated heterocycles. The van der Waals surface area contributed by atoms with Crippen LogP contribution in [0, 0.1) is 11.8 Å². The summed E-state index contributed by atoms with van der Waals surface area (Å²) in [5, 5.41) is 4.37. The van der Waals surface area contributed by atoms with Crippen molar-refractivity contribution in [3.63, 3.8) is 0 Å². The highest BCUT2D eigenvalue weighted by Crippen LogP contribution is 2.38. The first-order valence-electron chi connectivity index (χ1n) is 7.38. The fourth-order valence-electron chi connectivity index (χ4n) is 3.62. The van der Waals surface area contributed by atoms with Crippen LogP contribution in [0.3, 0.4) is 0 Å². The molecule has 0 bridgehead atoms. The van der Waals surface area contributed by atoms with Crippen molar-refractivity contribution in [2.45, 2.75) is 25.2 Å². The molecule has 2 fully saturated rings. The predicted octanol–water partition coefficient (Wildman–Crippen LogP) is 3.46. The molecular formula is C16H22ClNO. The van der Waals surface area contributed by atoms with Gasteiger partial charge in [-0.25, -0.2) is 0 Å². The zero-order valence-electron chi connectivity index (χ0n) is 11.3. The summed E-state index contributed by atoms with van der Waals surface area (Å²) in [5.74, 6) is 2.09. The second-order valence-corrected chi connectivity index (χ2v) is 6.23. The highest BCUT2D eigenvalue weighted by molar-refractivity contribution is 6.30. The SMILES string of the molecule is Clc1ccc(C2CNCCC2C2CCCOC2)cc1. The number of rotatable bonds is 2. The van der Waals surface area contributed by atoms with Crippen LogP contribution >= 0.6 is 11.6 Å². The van der Waals surface area contributed by atoms with Gasteiger partial charge >= 0.3 is 0 Å². The van der Waals surface area contributed by atoms with E-state index in [0.717, 1.165) is 43.2 Å². The fraction of sp³-hybridized carbons (Fsp3) is 0.625. The van der Waals surface area contributed by atoms with E-state index >= 15 is 0 Å². The molecule has 1 aromatic carbocycles. The van der Waals surface area contributed by atoms with Crippen molar-refractivity contribution in [1.82, 2.24) is 5.32 Å². The van der Waals surface area contributed by atoms with E-state index in [1.165, 1.54) is 24.8 Å². The lowest BCUT2D eigenvalue weighted by Gasteiger charge is -2.39. The lowest BCUT2D eigenvalue weighted by atomic mass is 9.72. The Morgan fingerprint density at radius 1 is 1.16 bits per heavy atom. The first-order chi connectivity index (χ1) is 9.34. The Hall–Kier alpha value is -0.570. The summed E-state index contributed by atoms with van der Waals surface area (Å²) in [6.45, 7) is 4.13. The minimum absolute atomic E-state index is 0.609. The maximum atomic E-state index is 6.00. The first kappa shape index (κ1) is 13.4. The van der Waals surface area contributed by atoms with Gasteiger partial charge < -0.3 is 10.1 Å². The standard InChI is InChI=1S/C16H22ClNO/c17-14-5-3-12(4-6-14)16-10-18-8-7-15(16)13-2-1-9-19-11-13/h3-6,13,15-16,18H,1-2,7-11H2. The smallest absolute Gasteiger partial charge is 0.0497 e. The summed E-state index contributed by atoms with van der Waals surface area (Å²) in [7, 11) is 0. The monoisotopic (exact) mass is 279 g/mol. The van der Waals surface area contributed by atoms with Gasteiger partial charge in [-0.3, -0.25) is 0 Å². The number of piperidine rings is 1. The lowest BCUT2D eigenvalue weighted by molar-refractivity contribution is 0.0185. The quantitative estimate of drug-likeness (QED) is 0.895. The van der Waals surface area contributed by atoms with Crippen LogP contribution in [0.5, 0.6) is 0 Å². The molecule has 0 spiro atoms. The molecule has 2 nitrogen and oxygen atoms in total. The topological polar surface area (TPSA) is 21.3 Å². The van der Waals surface area contributed by atoms with Gasteiger partial charge in [0.1, 0.15) is 0 Å². The lowest BCUT2D eigenvalue weighted by Crippen LogP contribution is -2.40. The van der Waals surface area contributed by atoms with Crippen LogP contribution in [0.2, 0.25) is 5.02 Å². The van der Waals surface area contributed by atoms with Crippen molar-refractivity contribution in [1.29, 1.82) is 0 Å². The van der Waals surface area contributed by atoms with E-state index in [4.69, 9.17) is 16.3 Å². The summed E-state index contributed by atoms with van der Waals surface area (Å²) in [6.07, 6.45) is 3.82. The molecule has 3 unspecified atom stereocenters. The van der Waals surface area contributed by atoms with Crippen LogP contribution in [0.1, 0.15) is 30.7 Å². The molecule has 104 valence electrons. The van der Waals surface area contributed by atoms with Gasteiger partial charge in [-0.05, 0) is 61.3 Å². The molecule has 0 aromatic heterocycles. The van der Waals surface area contributed by atoms with E-state index in [2.05, 4.69) is 17.4 Å². The number of hydrogen-bond donors (Lipinski definition) is 1. The van der Waals surface area contributed by atoms with E-state index < -0.39 is 0 Å². The van der Waals surface area contributed by atoms with Crippen LogP contribution in [0.4, 0.5) is 0 Å². The molecule has 2 aliphatic rings. The number of hydrogen-bond acceptors (Lipinski definition) is 2. The van der Waals surface area contributed by atoms with E-state index in [0.29, 0.717) is 5.92 Å². The normalized spacial score (nSPS) is 32.2. The molecule has 0 amide bonds. The summed E-state index contributed by atoms with van der Waals surface area (Å²) in [5.41, 5.74) is 1.42. The summed E-state index contributed by atoms with van der Waals surface area (Å²) in [4.78, 5) is 0. The third-order valence-electron chi connectivity index (χ3n) is 4.63. The van der Waals surface area contributed by atoms with Crippen molar-refractivity contribution in [3.05, 3.63) is 34.9 Å². The third-order valence-corrected chi connectivity index (χ3v) is 4.89. The zero-order chi connectivity index (χ0) is 13.1. The minimum atomic E-state index is 0.609. The molecule has 3 heteroatoms. The van der Waals surface area contributed by atoms with Crippen LogP contribution < -0.4 is 5.32 Å². The molecule has 3 rings (SSSR count). The minimum Gasteiger partial charge on any atom is -0.381 e. The zero-order valence-corrected chi connectivity index (χ0v) is 12.0. The molecule has 0 radical (unpaired) electrons. The summed E-state index contributed by atoms with van der Waals surface area (Å²) >= 11 is 6.00. The predicted molar refractivity (Wildman–Crippen MR) is 78.7 cm³/mol. The molecule has 2 heterocycles. The van der Waals surface area contributed by atoms with Crippen molar-refractivity contribution in [3.8, 4) is 0 Å². The van der Waals surface area contributed by atoms with Gasteiger partial charge in [0.25, 0.3) is 0 Å². The van der Waals surface area contributed by atoms with Gasteiger partial charge in [0.15, 0.2) is 0 Å². The van der Waals surface area contributed by atoms with Crippen molar-refractivity contribution in [2.24, 2.45) is 11.8 Å². The summed E-state index contributed by atoms with van der Waals surface area (Å²) in [6, 6.07) is 8.41. The number of ether oxygens (including phenoxy) is 1. The second kappa shape index (κ2) is 6.25. The maximum absolute atomic E-state index is 6.00. The Balaban J connectivity index is 1.78. The van der Waals surface area contributed by atoms with Gasteiger partial charge in [0, 0.05) is 24.8 Å². The Morgan fingerprint density at radius 2 is 2.00 bits per heavy atom. The largest absolute Gasteiger partial charge is 0.381 e. The Labute approximate surface area is 120 Å². The van der Waals surface area contributed by atoms with E-state index in [-0.39, 0.29) is 0 Å². The maximum Gasteiger partial charge on any atom is 0.0497 e. The third kappa shape index (κ3) is 3.13. The summed E-state index contributed by atoms with van der Waals surface area (Å²) < 4.78 is 5.70. The van der Waals surface area contributed by atoms with Gasteiger partial charge in [-0.2, -0.15) is 0 Å². The van der Waals surface area contributed by atoms with Crippen LogP contribution in [0.15, 0.2) is 24.3 Å². The molecule has 0 aliphatic carbocycles. The van der Waals surface area contributed by atoms with Crippen LogP contribution in [0.25, 0.3) is 0 Å². The molecule has 3 atom stereocenters. The Bertz CT molecular complexity index is 400. The molecule has 19 heavy (non-hydrogen) atoms. The highest BCUT2D eigenvalue weighted by Gasteiger charge is 2.33. The average Bonchev–Trinajstić information content (AvgIpc) is 2.49. The fourth-order valence-corrected chi connectivity index (χ4v) is 3.75. The van der Waals surface area contributed by atoms with E-state index in [1.807, 2.05) is 12.1 Å². The molecule has 1 N–H and O–H groups in total. The molecular weight excluding hydrogens is 258 g/mol. The van der Waals surface area contributed by atoms with Gasteiger partial charge in [0.05, 0.1) is 0 Å². The van der Waals surface area contributed by atoms with Crippen LogP contribution in [-0.2, 0) is 4.74 Å². The molecule has 1 aromatic rings.